The third-order valence-electron chi connectivity index (χ3n) is 8.43. The first-order chi connectivity index (χ1) is 19.3. The average molecular weight is 495 g/mol. The summed E-state index contributed by atoms with van der Waals surface area (Å²) in [5, 5.41) is 14.8. The smallest absolute Gasteiger partial charge is 0.143 e. The molecule has 0 saturated heterocycles. The molecule has 9 aromatic rings. The molecule has 0 atom stereocenters. The largest absolute Gasteiger partial charge is 0.455 e. The zero-order valence-corrected chi connectivity index (χ0v) is 21.1. The molecule has 8 aromatic carbocycles. The first-order valence-corrected chi connectivity index (χ1v) is 13.4. The molecule has 0 saturated carbocycles. The van der Waals surface area contributed by atoms with Crippen LogP contribution in [0.4, 0.5) is 0 Å². The summed E-state index contributed by atoms with van der Waals surface area (Å²) in [6.45, 7) is 0. The molecule has 0 fully saturated rings. The van der Waals surface area contributed by atoms with Gasteiger partial charge < -0.3 is 4.42 Å². The van der Waals surface area contributed by atoms with Gasteiger partial charge in [0.25, 0.3) is 0 Å². The van der Waals surface area contributed by atoms with Gasteiger partial charge in [0.05, 0.1) is 0 Å². The number of hydrogen-bond donors (Lipinski definition) is 0. The summed E-state index contributed by atoms with van der Waals surface area (Å²) in [5.74, 6) is 0. The van der Waals surface area contributed by atoms with Crippen molar-refractivity contribution in [3.8, 4) is 11.1 Å². The van der Waals surface area contributed by atoms with E-state index >= 15 is 0 Å². The Labute approximate surface area is 224 Å². The molecule has 0 aliphatic rings. The minimum Gasteiger partial charge on any atom is -0.455 e. The number of benzene rings is 8. The Morgan fingerprint density at radius 2 is 0.872 bits per heavy atom. The van der Waals surface area contributed by atoms with Crippen LogP contribution in [0.15, 0.2) is 138 Å². The first-order valence-electron chi connectivity index (χ1n) is 13.4. The molecular formula is C38H22O. The normalized spacial score (nSPS) is 12.1. The van der Waals surface area contributed by atoms with Gasteiger partial charge >= 0.3 is 0 Å². The lowest BCUT2D eigenvalue weighted by Gasteiger charge is -2.10. The molecule has 0 aliphatic heterocycles. The number of hydrogen-bond acceptors (Lipinski definition) is 1. The average Bonchev–Trinajstić information content (AvgIpc) is 3.40. The van der Waals surface area contributed by atoms with Gasteiger partial charge in [0.15, 0.2) is 0 Å². The lowest BCUT2D eigenvalue weighted by molar-refractivity contribution is 0.674. The molecule has 0 amide bonds. The Morgan fingerprint density at radius 3 is 1.69 bits per heavy atom. The highest BCUT2D eigenvalue weighted by Crippen LogP contribution is 2.44. The first kappa shape index (κ1) is 20.9. The van der Waals surface area contributed by atoms with Crippen LogP contribution in [0.1, 0.15) is 0 Å². The molecule has 0 unspecified atom stereocenters. The van der Waals surface area contributed by atoms with E-state index in [0.29, 0.717) is 0 Å². The van der Waals surface area contributed by atoms with Crippen molar-refractivity contribution in [2.24, 2.45) is 0 Å². The molecule has 180 valence electrons. The highest BCUT2D eigenvalue weighted by atomic mass is 16.3. The summed E-state index contributed by atoms with van der Waals surface area (Å²) in [7, 11) is 0. The van der Waals surface area contributed by atoms with Gasteiger partial charge in [0.2, 0.25) is 0 Å². The van der Waals surface area contributed by atoms with Crippen LogP contribution in [0.3, 0.4) is 0 Å². The van der Waals surface area contributed by atoms with Crippen molar-refractivity contribution in [3.05, 3.63) is 133 Å². The second-order valence-electron chi connectivity index (χ2n) is 10.5. The van der Waals surface area contributed by atoms with Crippen molar-refractivity contribution in [1.29, 1.82) is 0 Å². The molecule has 1 nitrogen and oxygen atoms in total. The monoisotopic (exact) mass is 494 g/mol. The SMILES string of the molecule is c1ccc2c(c1)ccc1cc(-c3cccc4c3oc3c4ccc4c5ccccc5c5ccccc5c43)ccc12. The van der Waals surface area contributed by atoms with Crippen molar-refractivity contribution in [3.63, 3.8) is 0 Å². The summed E-state index contributed by atoms with van der Waals surface area (Å²) in [4.78, 5) is 0. The highest BCUT2D eigenvalue weighted by molar-refractivity contribution is 6.32. The van der Waals surface area contributed by atoms with E-state index in [4.69, 9.17) is 4.42 Å². The van der Waals surface area contributed by atoms with Crippen molar-refractivity contribution < 1.29 is 4.42 Å². The maximum absolute atomic E-state index is 6.89. The van der Waals surface area contributed by atoms with Crippen molar-refractivity contribution in [2.75, 3.05) is 0 Å². The standard InChI is InChI=1S/C38H22O/c1-2-9-26-23(8-1)16-17-24-22-25(18-19-27(24)26)28-14-7-15-34-35-21-20-33-31-12-4-3-10-29(31)30-11-5-6-13-32(30)36(33)38(35)39-37(28)34/h1-22H. The molecular weight excluding hydrogens is 472 g/mol. The fraction of sp³-hybridized carbons (Fsp3) is 0. The van der Waals surface area contributed by atoms with Crippen LogP contribution in [0.5, 0.6) is 0 Å². The molecule has 9 rings (SSSR count). The van der Waals surface area contributed by atoms with E-state index in [9.17, 15) is 0 Å². The molecule has 1 heterocycles. The molecule has 39 heavy (non-hydrogen) atoms. The number of rotatable bonds is 1. The second-order valence-corrected chi connectivity index (χ2v) is 10.5. The summed E-state index contributed by atoms with van der Waals surface area (Å²) < 4.78 is 6.89. The van der Waals surface area contributed by atoms with Crippen LogP contribution < -0.4 is 0 Å². The van der Waals surface area contributed by atoms with Crippen molar-refractivity contribution in [1.82, 2.24) is 0 Å². The summed E-state index contributed by atoms with van der Waals surface area (Å²) in [5.41, 5.74) is 4.19. The van der Waals surface area contributed by atoms with Gasteiger partial charge in [-0.25, -0.2) is 0 Å². The maximum Gasteiger partial charge on any atom is 0.143 e. The molecule has 0 aliphatic carbocycles. The number of furan rings is 1. The zero-order chi connectivity index (χ0) is 25.5. The fourth-order valence-electron chi connectivity index (χ4n) is 6.65. The fourth-order valence-corrected chi connectivity index (χ4v) is 6.65. The van der Waals surface area contributed by atoms with Gasteiger partial charge in [-0.2, -0.15) is 0 Å². The van der Waals surface area contributed by atoms with Crippen LogP contribution in [-0.2, 0) is 0 Å². The van der Waals surface area contributed by atoms with Gasteiger partial charge in [0, 0.05) is 21.7 Å². The van der Waals surface area contributed by atoms with E-state index in [2.05, 4.69) is 133 Å². The summed E-state index contributed by atoms with van der Waals surface area (Å²) >= 11 is 0. The van der Waals surface area contributed by atoms with Gasteiger partial charge in [-0.05, 0) is 66.2 Å². The Bertz CT molecular complexity index is 2410. The van der Waals surface area contributed by atoms with E-state index in [1.165, 1.54) is 59.4 Å². The molecule has 0 spiro atoms. The lowest BCUT2D eigenvalue weighted by Crippen LogP contribution is -1.83. The van der Waals surface area contributed by atoms with Crippen molar-refractivity contribution >= 4 is 75.8 Å². The Morgan fingerprint density at radius 1 is 0.333 bits per heavy atom. The molecule has 0 bridgehead atoms. The minimum absolute atomic E-state index is 0.942. The van der Waals surface area contributed by atoms with Crippen LogP contribution in [0.25, 0.3) is 86.9 Å². The van der Waals surface area contributed by atoms with E-state index < -0.39 is 0 Å². The third kappa shape index (κ3) is 2.85. The van der Waals surface area contributed by atoms with Crippen LogP contribution in [0.2, 0.25) is 0 Å². The lowest BCUT2D eigenvalue weighted by atomic mass is 9.93. The second kappa shape index (κ2) is 7.69. The maximum atomic E-state index is 6.89. The Kier molecular flexibility index (Phi) is 4.11. The Balaban J connectivity index is 1.38. The van der Waals surface area contributed by atoms with Gasteiger partial charge in [-0.1, -0.05) is 121 Å². The highest BCUT2D eigenvalue weighted by Gasteiger charge is 2.18. The van der Waals surface area contributed by atoms with Crippen molar-refractivity contribution in [2.45, 2.75) is 0 Å². The van der Waals surface area contributed by atoms with Crippen LogP contribution in [-0.4, -0.2) is 0 Å². The van der Waals surface area contributed by atoms with Crippen LogP contribution >= 0.6 is 0 Å². The van der Waals surface area contributed by atoms with E-state index in [0.717, 1.165) is 27.5 Å². The Hall–Kier alpha value is -5.14. The quantitative estimate of drug-likeness (QED) is 0.207. The zero-order valence-electron chi connectivity index (χ0n) is 21.1. The van der Waals surface area contributed by atoms with E-state index in [-0.39, 0.29) is 0 Å². The minimum atomic E-state index is 0.942. The molecule has 1 heteroatoms. The van der Waals surface area contributed by atoms with Gasteiger partial charge in [0.1, 0.15) is 11.2 Å². The number of para-hydroxylation sites is 1. The summed E-state index contributed by atoms with van der Waals surface area (Å²) in [6, 6.07) is 48.3. The van der Waals surface area contributed by atoms with Gasteiger partial charge in [-0.3, -0.25) is 0 Å². The third-order valence-corrected chi connectivity index (χ3v) is 8.43. The predicted molar refractivity (Wildman–Crippen MR) is 167 cm³/mol. The molecule has 0 N–H and O–H groups in total. The van der Waals surface area contributed by atoms with E-state index in [1.54, 1.807) is 0 Å². The number of fused-ring (bicyclic) bond motifs is 13. The van der Waals surface area contributed by atoms with Gasteiger partial charge in [-0.15, -0.1) is 0 Å². The predicted octanol–water partition coefficient (Wildman–Crippen LogP) is 11.0. The molecule has 1 aromatic heterocycles. The topological polar surface area (TPSA) is 13.1 Å². The van der Waals surface area contributed by atoms with Crippen LogP contribution in [0, 0.1) is 0 Å². The summed E-state index contributed by atoms with van der Waals surface area (Å²) in [6.07, 6.45) is 0. The molecule has 0 radical (unpaired) electrons. The van der Waals surface area contributed by atoms with E-state index in [1.807, 2.05) is 0 Å².